The van der Waals surface area contributed by atoms with Crippen molar-refractivity contribution in [2.45, 2.75) is 37.9 Å². The number of rotatable bonds is 5. The van der Waals surface area contributed by atoms with Crippen LogP contribution in [0.1, 0.15) is 32.6 Å². The summed E-state index contributed by atoms with van der Waals surface area (Å²) >= 11 is 3.34. The minimum Gasteiger partial charge on any atom is -0.355 e. The minimum atomic E-state index is -3.20. The molecule has 0 saturated carbocycles. The van der Waals surface area contributed by atoms with Crippen molar-refractivity contribution < 1.29 is 13.2 Å². The average Bonchev–Trinajstić information content (AvgIpc) is 2.26. The van der Waals surface area contributed by atoms with Crippen molar-refractivity contribution in [3.8, 4) is 0 Å². The summed E-state index contributed by atoms with van der Waals surface area (Å²) in [5.74, 6) is 0.206. The highest BCUT2D eigenvalue weighted by Gasteiger charge is 2.34. The molecule has 1 N–H and O–H groups in total. The molecule has 1 saturated heterocycles. The maximum Gasteiger partial charge on any atom is 0.238 e. The molecule has 0 aliphatic carbocycles. The molecular formula is C11H20BrNO3S. The third-order valence-electron chi connectivity index (χ3n) is 3.10. The Balaban J connectivity index is 2.46. The van der Waals surface area contributed by atoms with Gasteiger partial charge in [-0.1, -0.05) is 29.3 Å². The lowest BCUT2D eigenvalue weighted by Gasteiger charge is -2.22. The van der Waals surface area contributed by atoms with E-state index >= 15 is 0 Å². The van der Waals surface area contributed by atoms with Crippen LogP contribution >= 0.6 is 15.9 Å². The van der Waals surface area contributed by atoms with Crippen LogP contribution in [0.4, 0.5) is 0 Å². The zero-order valence-corrected chi connectivity index (χ0v) is 12.5. The number of hydrogen-bond donors (Lipinski definition) is 1. The van der Waals surface area contributed by atoms with E-state index in [9.17, 15) is 13.2 Å². The second kappa shape index (κ2) is 6.73. The van der Waals surface area contributed by atoms with Gasteiger partial charge in [-0.3, -0.25) is 4.79 Å². The van der Waals surface area contributed by atoms with Gasteiger partial charge in [0.15, 0.2) is 9.84 Å². The molecule has 100 valence electrons. The Labute approximate surface area is 112 Å². The Kier molecular flexibility index (Phi) is 5.92. The molecule has 1 amide bonds. The van der Waals surface area contributed by atoms with Crippen molar-refractivity contribution in [2.24, 2.45) is 5.92 Å². The van der Waals surface area contributed by atoms with E-state index in [1.807, 2.05) is 6.92 Å². The molecule has 17 heavy (non-hydrogen) atoms. The Morgan fingerprint density at radius 2 is 2.18 bits per heavy atom. The summed E-state index contributed by atoms with van der Waals surface area (Å²) in [6.07, 6.45) is 2.96. The molecule has 0 spiro atoms. The second-order valence-corrected chi connectivity index (χ2v) is 7.78. The van der Waals surface area contributed by atoms with E-state index in [1.165, 1.54) is 0 Å². The lowest BCUT2D eigenvalue weighted by atomic mass is 10.1. The van der Waals surface area contributed by atoms with Gasteiger partial charge in [0.1, 0.15) is 5.25 Å². The first-order valence-electron chi connectivity index (χ1n) is 6.02. The Morgan fingerprint density at radius 1 is 1.47 bits per heavy atom. The van der Waals surface area contributed by atoms with Crippen LogP contribution in [0.2, 0.25) is 0 Å². The number of hydrogen-bond acceptors (Lipinski definition) is 3. The van der Waals surface area contributed by atoms with Crippen LogP contribution in [0.5, 0.6) is 0 Å². The summed E-state index contributed by atoms with van der Waals surface area (Å²) in [5.41, 5.74) is 0. The van der Waals surface area contributed by atoms with Crippen molar-refractivity contribution in [1.82, 2.24) is 5.32 Å². The van der Waals surface area contributed by atoms with E-state index in [2.05, 4.69) is 21.2 Å². The number of carbonyl (C=O) groups excluding carboxylic acids is 1. The molecule has 2 unspecified atom stereocenters. The third-order valence-corrected chi connectivity index (χ3v) is 5.73. The van der Waals surface area contributed by atoms with E-state index < -0.39 is 15.1 Å². The molecule has 0 aromatic rings. The first-order chi connectivity index (χ1) is 7.97. The first-order valence-corrected chi connectivity index (χ1v) is 8.86. The molecule has 1 fully saturated rings. The van der Waals surface area contributed by atoms with Crippen LogP contribution in [-0.2, 0) is 14.6 Å². The van der Waals surface area contributed by atoms with Gasteiger partial charge in [0, 0.05) is 11.9 Å². The molecule has 1 rings (SSSR count). The summed E-state index contributed by atoms with van der Waals surface area (Å²) in [5, 5.41) is 2.84. The number of amides is 1. The van der Waals surface area contributed by atoms with Crippen molar-refractivity contribution >= 4 is 31.7 Å². The number of carbonyl (C=O) groups is 1. The van der Waals surface area contributed by atoms with Crippen LogP contribution < -0.4 is 5.32 Å². The van der Waals surface area contributed by atoms with Crippen LogP contribution in [-0.4, -0.2) is 37.2 Å². The summed E-state index contributed by atoms with van der Waals surface area (Å²) < 4.78 is 23.5. The normalized spacial score (nSPS) is 25.2. The van der Waals surface area contributed by atoms with Gasteiger partial charge in [-0.15, -0.1) is 0 Å². The zero-order chi connectivity index (χ0) is 12.9. The SMILES string of the molecule is CC(CCBr)CNC(=O)C1CCCCS1(=O)=O. The van der Waals surface area contributed by atoms with E-state index in [-0.39, 0.29) is 11.7 Å². The summed E-state index contributed by atoms with van der Waals surface area (Å²) in [6, 6.07) is 0. The summed E-state index contributed by atoms with van der Waals surface area (Å²) in [6.45, 7) is 2.59. The number of sulfone groups is 1. The largest absolute Gasteiger partial charge is 0.355 e. The maximum atomic E-state index is 11.8. The fourth-order valence-electron chi connectivity index (χ4n) is 1.93. The van der Waals surface area contributed by atoms with E-state index in [0.717, 1.165) is 18.2 Å². The van der Waals surface area contributed by atoms with Crippen molar-refractivity contribution in [1.29, 1.82) is 0 Å². The van der Waals surface area contributed by atoms with Gasteiger partial charge in [-0.05, 0) is 25.2 Å². The highest BCUT2D eigenvalue weighted by Crippen LogP contribution is 2.19. The molecule has 0 aromatic carbocycles. The van der Waals surface area contributed by atoms with Gasteiger partial charge in [-0.25, -0.2) is 8.42 Å². The lowest BCUT2D eigenvalue weighted by molar-refractivity contribution is -0.121. The van der Waals surface area contributed by atoms with Gasteiger partial charge in [-0.2, -0.15) is 0 Å². The quantitative estimate of drug-likeness (QED) is 0.779. The molecule has 2 atom stereocenters. The Morgan fingerprint density at radius 3 is 2.76 bits per heavy atom. The molecule has 1 aliphatic heterocycles. The summed E-state index contributed by atoms with van der Waals surface area (Å²) in [7, 11) is -3.20. The van der Waals surface area contributed by atoms with Crippen LogP contribution in [0.25, 0.3) is 0 Å². The van der Waals surface area contributed by atoms with Crippen LogP contribution in [0.3, 0.4) is 0 Å². The fraction of sp³-hybridized carbons (Fsp3) is 0.909. The van der Waals surface area contributed by atoms with Crippen molar-refractivity contribution in [3.05, 3.63) is 0 Å². The number of nitrogens with one attached hydrogen (secondary N) is 1. The summed E-state index contributed by atoms with van der Waals surface area (Å²) in [4.78, 5) is 11.8. The minimum absolute atomic E-state index is 0.155. The Hall–Kier alpha value is -0.100. The van der Waals surface area contributed by atoms with Crippen LogP contribution in [0, 0.1) is 5.92 Å². The highest BCUT2D eigenvalue weighted by molar-refractivity contribution is 9.09. The average molecular weight is 326 g/mol. The van der Waals surface area contributed by atoms with Crippen molar-refractivity contribution in [2.75, 3.05) is 17.6 Å². The van der Waals surface area contributed by atoms with Crippen LogP contribution in [0.15, 0.2) is 0 Å². The topological polar surface area (TPSA) is 63.2 Å². The van der Waals surface area contributed by atoms with E-state index in [4.69, 9.17) is 0 Å². The second-order valence-electron chi connectivity index (χ2n) is 4.68. The zero-order valence-electron chi connectivity index (χ0n) is 10.1. The predicted octanol–water partition coefficient (Wildman–Crippen LogP) is 1.49. The maximum absolute atomic E-state index is 11.8. The van der Waals surface area contributed by atoms with Gasteiger partial charge >= 0.3 is 0 Å². The van der Waals surface area contributed by atoms with Gasteiger partial charge < -0.3 is 5.32 Å². The van der Waals surface area contributed by atoms with Gasteiger partial charge in [0.2, 0.25) is 5.91 Å². The van der Waals surface area contributed by atoms with E-state index in [0.29, 0.717) is 25.3 Å². The predicted molar refractivity (Wildman–Crippen MR) is 72.0 cm³/mol. The standard InChI is InChI=1S/C11H20BrNO3S/c1-9(5-6-12)8-13-11(14)10-4-2-3-7-17(10,15)16/h9-10H,2-8H2,1H3,(H,13,14). The smallest absolute Gasteiger partial charge is 0.238 e. The molecule has 0 radical (unpaired) electrons. The number of halogens is 1. The van der Waals surface area contributed by atoms with Gasteiger partial charge in [0.25, 0.3) is 0 Å². The molecule has 0 aromatic heterocycles. The molecular weight excluding hydrogens is 306 g/mol. The third kappa shape index (κ3) is 4.58. The molecule has 4 nitrogen and oxygen atoms in total. The molecule has 1 heterocycles. The van der Waals surface area contributed by atoms with E-state index in [1.54, 1.807) is 0 Å². The first kappa shape index (κ1) is 15.0. The highest BCUT2D eigenvalue weighted by atomic mass is 79.9. The number of alkyl halides is 1. The molecule has 0 bridgehead atoms. The fourth-order valence-corrected chi connectivity index (χ4v) is 4.53. The van der Waals surface area contributed by atoms with Gasteiger partial charge in [0.05, 0.1) is 5.75 Å². The Bertz CT molecular complexity index is 356. The van der Waals surface area contributed by atoms with Crippen molar-refractivity contribution in [3.63, 3.8) is 0 Å². The lowest BCUT2D eigenvalue weighted by Crippen LogP contribution is -2.44. The molecule has 6 heteroatoms. The monoisotopic (exact) mass is 325 g/mol. The molecule has 1 aliphatic rings.